The standard InChI is InChI=1S/C20H24O4/c1-2-20-11-10-18(22)16(17(20)12-19(20)23)9-8-14(21)13-24-15-6-4-3-5-7-15/h3-7,14,16-18,21-22H,2,10-13H2,1H3/t14-,16-,17-,18-,20+/m0/s1. The zero-order valence-electron chi connectivity index (χ0n) is 13.9. The van der Waals surface area contributed by atoms with Gasteiger partial charge in [-0.25, -0.2) is 0 Å². The molecule has 0 bridgehead atoms. The molecule has 2 aliphatic rings. The van der Waals surface area contributed by atoms with Crippen molar-refractivity contribution in [2.45, 2.75) is 44.8 Å². The summed E-state index contributed by atoms with van der Waals surface area (Å²) in [7, 11) is 0. The van der Waals surface area contributed by atoms with Crippen molar-refractivity contribution in [2.75, 3.05) is 6.61 Å². The van der Waals surface area contributed by atoms with Gasteiger partial charge >= 0.3 is 0 Å². The van der Waals surface area contributed by atoms with Gasteiger partial charge in [0.25, 0.3) is 0 Å². The van der Waals surface area contributed by atoms with Crippen LogP contribution in [-0.2, 0) is 4.79 Å². The molecule has 5 atom stereocenters. The highest BCUT2D eigenvalue weighted by molar-refractivity contribution is 5.92. The summed E-state index contributed by atoms with van der Waals surface area (Å²) in [4.78, 5) is 12.1. The van der Waals surface area contributed by atoms with Gasteiger partial charge in [0.2, 0.25) is 0 Å². The number of Topliss-reactive ketones (excluding diaryl/α,β-unsaturated/α-hetero) is 1. The number of hydrogen-bond acceptors (Lipinski definition) is 4. The van der Waals surface area contributed by atoms with E-state index in [0.29, 0.717) is 24.4 Å². The maximum Gasteiger partial charge on any atom is 0.148 e. The topological polar surface area (TPSA) is 66.8 Å². The van der Waals surface area contributed by atoms with Crippen LogP contribution in [0.4, 0.5) is 0 Å². The van der Waals surface area contributed by atoms with Crippen molar-refractivity contribution in [3.05, 3.63) is 30.3 Å². The zero-order chi connectivity index (χ0) is 17.2. The van der Waals surface area contributed by atoms with Crippen LogP contribution in [-0.4, -0.2) is 34.8 Å². The van der Waals surface area contributed by atoms with E-state index in [2.05, 4.69) is 11.8 Å². The maximum absolute atomic E-state index is 12.1. The van der Waals surface area contributed by atoms with Crippen molar-refractivity contribution < 1.29 is 19.7 Å². The molecule has 4 heteroatoms. The number of aliphatic hydroxyl groups is 2. The molecule has 0 aliphatic heterocycles. The fourth-order valence-electron chi connectivity index (χ4n) is 4.08. The van der Waals surface area contributed by atoms with E-state index in [1.165, 1.54) is 0 Å². The van der Waals surface area contributed by atoms with Gasteiger partial charge in [0.1, 0.15) is 24.2 Å². The van der Waals surface area contributed by atoms with Crippen molar-refractivity contribution in [2.24, 2.45) is 17.3 Å². The Labute approximate surface area is 142 Å². The predicted molar refractivity (Wildman–Crippen MR) is 90.3 cm³/mol. The second-order valence-electron chi connectivity index (χ2n) is 6.80. The minimum absolute atomic E-state index is 0.0857. The molecule has 0 aromatic heterocycles. The lowest BCUT2D eigenvalue weighted by atomic mass is 9.48. The maximum atomic E-state index is 12.1. The molecule has 2 N–H and O–H groups in total. The van der Waals surface area contributed by atoms with Gasteiger partial charge in [-0.15, -0.1) is 0 Å². The van der Waals surface area contributed by atoms with Gasteiger partial charge in [0.05, 0.1) is 12.0 Å². The van der Waals surface area contributed by atoms with Gasteiger partial charge in [0.15, 0.2) is 0 Å². The number of benzene rings is 1. The molecule has 0 radical (unpaired) electrons. The Morgan fingerprint density at radius 1 is 1.38 bits per heavy atom. The number of ketones is 1. The largest absolute Gasteiger partial charge is 0.490 e. The van der Waals surface area contributed by atoms with Gasteiger partial charge in [0, 0.05) is 11.8 Å². The van der Waals surface area contributed by atoms with Gasteiger partial charge in [-0.2, -0.15) is 0 Å². The van der Waals surface area contributed by atoms with E-state index in [1.807, 2.05) is 37.3 Å². The third kappa shape index (κ3) is 3.07. The molecule has 0 saturated heterocycles. The molecule has 128 valence electrons. The predicted octanol–water partition coefficient (Wildman–Crippen LogP) is 2.19. The quantitative estimate of drug-likeness (QED) is 0.832. The average Bonchev–Trinajstić information content (AvgIpc) is 2.60. The highest BCUT2D eigenvalue weighted by Gasteiger charge is 2.59. The Kier molecular flexibility index (Phi) is 4.93. The molecule has 0 spiro atoms. The Bertz CT molecular complexity index is 645. The summed E-state index contributed by atoms with van der Waals surface area (Å²) in [5.74, 6) is 6.72. The average molecular weight is 328 g/mol. The van der Waals surface area contributed by atoms with Crippen LogP contribution in [0.2, 0.25) is 0 Å². The molecule has 24 heavy (non-hydrogen) atoms. The van der Waals surface area contributed by atoms with Gasteiger partial charge in [-0.3, -0.25) is 4.79 Å². The van der Waals surface area contributed by atoms with Crippen molar-refractivity contribution >= 4 is 5.78 Å². The number of para-hydroxylation sites is 1. The van der Waals surface area contributed by atoms with Crippen LogP contribution >= 0.6 is 0 Å². The summed E-state index contributed by atoms with van der Waals surface area (Å²) in [5, 5.41) is 20.3. The molecule has 1 aromatic carbocycles. The highest BCUT2D eigenvalue weighted by atomic mass is 16.5. The third-order valence-corrected chi connectivity index (χ3v) is 5.60. The molecule has 0 unspecified atom stereocenters. The van der Waals surface area contributed by atoms with Crippen LogP contribution in [0, 0.1) is 29.1 Å². The van der Waals surface area contributed by atoms with Crippen LogP contribution in [0.15, 0.2) is 30.3 Å². The van der Waals surface area contributed by atoms with Crippen molar-refractivity contribution in [3.63, 3.8) is 0 Å². The summed E-state index contributed by atoms with van der Waals surface area (Å²) in [5.41, 5.74) is -0.288. The van der Waals surface area contributed by atoms with Gasteiger partial charge in [-0.05, 0) is 37.3 Å². The molecule has 4 nitrogen and oxygen atoms in total. The summed E-state index contributed by atoms with van der Waals surface area (Å²) >= 11 is 0. The van der Waals surface area contributed by atoms with Crippen LogP contribution in [0.5, 0.6) is 5.75 Å². The molecule has 1 aromatic rings. The molecule has 0 amide bonds. The second kappa shape index (κ2) is 6.96. The lowest BCUT2D eigenvalue weighted by Crippen LogP contribution is -2.58. The molecule has 2 aliphatic carbocycles. The summed E-state index contributed by atoms with van der Waals surface area (Å²) in [6.45, 7) is 2.12. The Hall–Kier alpha value is -1.83. The SMILES string of the molecule is CC[C@@]12CC[C@H](O)[C@@H](C#C[C@H](O)COc3ccccc3)[C@@H]1CC2=O. The molecular formula is C20H24O4. The van der Waals surface area contributed by atoms with Crippen molar-refractivity contribution in [1.82, 2.24) is 0 Å². The number of ether oxygens (including phenoxy) is 1. The molecule has 0 heterocycles. The van der Waals surface area contributed by atoms with E-state index >= 15 is 0 Å². The monoisotopic (exact) mass is 328 g/mol. The van der Waals surface area contributed by atoms with E-state index in [1.54, 1.807) is 0 Å². The Balaban J connectivity index is 1.62. The number of rotatable bonds is 4. The number of aliphatic hydroxyl groups excluding tert-OH is 2. The second-order valence-corrected chi connectivity index (χ2v) is 6.80. The zero-order valence-corrected chi connectivity index (χ0v) is 13.9. The Morgan fingerprint density at radius 3 is 2.79 bits per heavy atom. The van der Waals surface area contributed by atoms with E-state index < -0.39 is 12.2 Å². The normalized spacial score (nSPS) is 32.8. The van der Waals surface area contributed by atoms with E-state index in [4.69, 9.17) is 4.74 Å². The Morgan fingerprint density at radius 2 is 2.12 bits per heavy atom. The van der Waals surface area contributed by atoms with E-state index in [9.17, 15) is 15.0 Å². The highest BCUT2D eigenvalue weighted by Crippen LogP contribution is 2.57. The van der Waals surface area contributed by atoms with Crippen LogP contribution in [0.3, 0.4) is 0 Å². The summed E-state index contributed by atoms with van der Waals surface area (Å²) in [6.07, 6.45) is 1.24. The first kappa shape index (κ1) is 17.0. The minimum Gasteiger partial charge on any atom is -0.490 e. The summed E-state index contributed by atoms with van der Waals surface area (Å²) in [6, 6.07) is 9.27. The first-order valence-electron chi connectivity index (χ1n) is 8.65. The fourth-order valence-corrected chi connectivity index (χ4v) is 4.08. The van der Waals surface area contributed by atoms with E-state index in [0.717, 1.165) is 12.8 Å². The van der Waals surface area contributed by atoms with Crippen LogP contribution in [0.25, 0.3) is 0 Å². The van der Waals surface area contributed by atoms with Crippen molar-refractivity contribution in [3.8, 4) is 17.6 Å². The molecule has 3 rings (SSSR count). The lowest BCUT2D eigenvalue weighted by Gasteiger charge is -2.54. The minimum atomic E-state index is -0.911. The van der Waals surface area contributed by atoms with Crippen LogP contribution < -0.4 is 4.74 Å². The first-order chi connectivity index (χ1) is 11.6. The van der Waals surface area contributed by atoms with Crippen molar-refractivity contribution in [1.29, 1.82) is 0 Å². The van der Waals surface area contributed by atoms with Gasteiger partial charge in [-0.1, -0.05) is 37.0 Å². The number of carbonyl (C=O) groups excluding carboxylic acids is 1. The first-order valence-corrected chi connectivity index (χ1v) is 8.65. The number of hydrogen-bond donors (Lipinski definition) is 2. The third-order valence-electron chi connectivity index (χ3n) is 5.60. The molecule has 2 fully saturated rings. The molecular weight excluding hydrogens is 304 g/mol. The lowest BCUT2D eigenvalue weighted by molar-refractivity contribution is -0.160. The van der Waals surface area contributed by atoms with E-state index in [-0.39, 0.29) is 23.9 Å². The number of carbonyl (C=O) groups is 1. The summed E-state index contributed by atoms with van der Waals surface area (Å²) < 4.78 is 5.49. The molecule has 2 saturated carbocycles. The van der Waals surface area contributed by atoms with Crippen LogP contribution in [0.1, 0.15) is 32.6 Å². The number of fused-ring (bicyclic) bond motifs is 1. The smallest absolute Gasteiger partial charge is 0.148 e. The van der Waals surface area contributed by atoms with Gasteiger partial charge < -0.3 is 14.9 Å². The fraction of sp³-hybridized carbons (Fsp3) is 0.550.